The minimum Gasteiger partial charge on any atom is -0.481 e. The van der Waals surface area contributed by atoms with Gasteiger partial charge in [0.15, 0.2) is 0 Å². The lowest BCUT2D eigenvalue weighted by Gasteiger charge is -2.30. The van der Waals surface area contributed by atoms with E-state index in [9.17, 15) is 9.59 Å². The maximum Gasteiger partial charge on any atom is 0.307 e. The minimum absolute atomic E-state index is 0.0793. The number of carboxylic acid groups (broad SMARTS) is 1. The van der Waals surface area contributed by atoms with Gasteiger partial charge in [-0.15, -0.1) is 0 Å². The monoisotopic (exact) mass is 311 g/mol. The molecule has 1 aromatic carbocycles. The van der Waals surface area contributed by atoms with Crippen molar-refractivity contribution in [3.8, 4) is 0 Å². The van der Waals surface area contributed by atoms with Crippen molar-refractivity contribution in [1.29, 1.82) is 0 Å². The second-order valence-corrected chi connectivity index (χ2v) is 5.29. The van der Waals surface area contributed by atoms with Crippen LogP contribution in [0, 0.1) is 5.92 Å². The van der Waals surface area contributed by atoms with Crippen LogP contribution < -0.4 is 0 Å². The molecule has 1 aliphatic heterocycles. The van der Waals surface area contributed by atoms with Gasteiger partial charge >= 0.3 is 5.97 Å². The Labute approximate surface area is 114 Å². The summed E-state index contributed by atoms with van der Waals surface area (Å²) in [5.41, 5.74) is 1.04. The molecule has 1 aromatic rings. The zero-order valence-corrected chi connectivity index (χ0v) is 11.4. The maximum atomic E-state index is 11.9. The van der Waals surface area contributed by atoms with E-state index < -0.39 is 11.9 Å². The highest BCUT2D eigenvalue weighted by Gasteiger charge is 2.30. The Morgan fingerprint density at radius 2 is 2.17 bits per heavy atom. The number of amides is 1. The van der Waals surface area contributed by atoms with Crippen LogP contribution in [0.4, 0.5) is 0 Å². The molecule has 0 saturated carbocycles. The van der Waals surface area contributed by atoms with E-state index in [1.165, 1.54) is 0 Å². The number of carboxylic acids is 1. The van der Waals surface area contributed by atoms with Crippen LogP contribution >= 0.6 is 15.9 Å². The SMILES string of the molecule is O=C(O)C1CCN(Cc2ccccc2Br)C(=O)C1. The molecule has 2 rings (SSSR count). The van der Waals surface area contributed by atoms with E-state index in [1.807, 2.05) is 24.3 Å². The number of hydrogen-bond donors (Lipinski definition) is 1. The largest absolute Gasteiger partial charge is 0.481 e. The highest BCUT2D eigenvalue weighted by Crippen LogP contribution is 2.23. The Morgan fingerprint density at radius 3 is 2.78 bits per heavy atom. The predicted molar refractivity (Wildman–Crippen MR) is 69.9 cm³/mol. The molecule has 0 aliphatic carbocycles. The molecule has 1 heterocycles. The lowest BCUT2D eigenvalue weighted by Crippen LogP contribution is -2.40. The van der Waals surface area contributed by atoms with Crippen LogP contribution in [0.15, 0.2) is 28.7 Å². The first-order valence-electron chi connectivity index (χ1n) is 5.82. The van der Waals surface area contributed by atoms with Crippen LogP contribution in [-0.4, -0.2) is 28.4 Å². The fraction of sp³-hybridized carbons (Fsp3) is 0.385. The molecule has 1 saturated heterocycles. The van der Waals surface area contributed by atoms with Crippen LogP contribution in [-0.2, 0) is 16.1 Å². The van der Waals surface area contributed by atoms with Gasteiger partial charge in [0, 0.05) is 24.0 Å². The molecule has 1 amide bonds. The molecule has 1 aliphatic rings. The van der Waals surface area contributed by atoms with E-state index in [-0.39, 0.29) is 12.3 Å². The van der Waals surface area contributed by atoms with Gasteiger partial charge in [-0.1, -0.05) is 34.1 Å². The molecule has 5 heteroatoms. The Hall–Kier alpha value is -1.36. The molecule has 1 N–H and O–H groups in total. The van der Waals surface area contributed by atoms with E-state index in [1.54, 1.807) is 4.90 Å². The molecule has 0 radical (unpaired) electrons. The van der Waals surface area contributed by atoms with E-state index >= 15 is 0 Å². The van der Waals surface area contributed by atoms with Gasteiger partial charge in [0.25, 0.3) is 0 Å². The molecule has 0 aromatic heterocycles. The zero-order valence-electron chi connectivity index (χ0n) is 9.80. The van der Waals surface area contributed by atoms with Gasteiger partial charge in [-0.25, -0.2) is 0 Å². The number of carbonyl (C=O) groups is 2. The van der Waals surface area contributed by atoms with Crippen LogP contribution in [0.2, 0.25) is 0 Å². The first kappa shape index (κ1) is 13.1. The quantitative estimate of drug-likeness (QED) is 0.931. The second-order valence-electron chi connectivity index (χ2n) is 4.43. The van der Waals surface area contributed by atoms with Crippen molar-refractivity contribution in [2.75, 3.05) is 6.54 Å². The summed E-state index contributed by atoms with van der Waals surface area (Å²) in [5, 5.41) is 8.90. The number of likely N-dealkylation sites (tertiary alicyclic amines) is 1. The lowest BCUT2D eigenvalue weighted by molar-refractivity contribution is -0.149. The smallest absolute Gasteiger partial charge is 0.307 e. The van der Waals surface area contributed by atoms with E-state index in [0.29, 0.717) is 19.5 Å². The fourth-order valence-electron chi connectivity index (χ4n) is 2.09. The average Bonchev–Trinajstić information content (AvgIpc) is 2.34. The van der Waals surface area contributed by atoms with Gasteiger partial charge in [-0.3, -0.25) is 9.59 Å². The van der Waals surface area contributed by atoms with Crippen molar-refractivity contribution in [2.45, 2.75) is 19.4 Å². The summed E-state index contributed by atoms with van der Waals surface area (Å²) in [6.45, 7) is 1.05. The van der Waals surface area contributed by atoms with E-state index in [2.05, 4.69) is 15.9 Å². The normalized spacial score (nSPS) is 19.9. The van der Waals surface area contributed by atoms with Gasteiger partial charge in [0.2, 0.25) is 5.91 Å². The van der Waals surface area contributed by atoms with Gasteiger partial charge < -0.3 is 10.0 Å². The van der Waals surface area contributed by atoms with Crippen molar-refractivity contribution >= 4 is 27.8 Å². The van der Waals surface area contributed by atoms with Crippen LogP contribution in [0.25, 0.3) is 0 Å². The maximum absolute atomic E-state index is 11.9. The van der Waals surface area contributed by atoms with Crippen molar-refractivity contribution in [3.05, 3.63) is 34.3 Å². The summed E-state index contributed by atoms with van der Waals surface area (Å²) in [5.74, 6) is -1.47. The van der Waals surface area contributed by atoms with E-state index in [0.717, 1.165) is 10.0 Å². The Bertz CT molecular complexity index is 475. The molecule has 0 bridgehead atoms. The van der Waals surface area contributed by atoms with Crippen molar-refractivity contribution in [2.24, 2.45) is 5.92 Å². The number of aliphatic carboxylic acids is 1. The molecule has 1 unspecified atom stereocenters. The van der Waals surface area contributed by atoms with Crippen LogP contribution in [0.1, 0.15) is 18.4 Å². The average molecular weight is 312 g/mol. The number of hydrogen-bond acceptors (Lipinski definition) is 2. The zero-order chi connectivity index (χ0) is 13.1. The summed E-state index contributed by atoms with van der Waals surface area (Å²) in [4.78, 5) is 24.4. The third kappa shape index (κ3) is 2.90. The molecule has 18 heavy (non-hydrogen) atoms. The topological polar surface area (TPSA) is 57.6 Å². The summed E-state index contributed by atoms with van der Waals surface area (Å²) < 4.78 is 0.971. The Kier molecular flexibility index (Phi) is 4.01. The highest BCUT2D eigenvalue weighted by molar-refractivity contribution is 9.10. The number of halogens is 1. The minimum atomic E-state index is -0.871. The first-order valence-corrected chi connectivity index (χ1v) is 6.61. The molecule has 1 atom stereocenters. The van der Waals surface area contributed by atoms with Gasteiger partial charge in [0.1, 0.15) is 0 Å². The van der Waals surface area contributed by atoms with Gasteiger partial charge in [-0.2, -0.15) is 0 Å². The first-order chi connectivity index (χ1) is 8.58. The van der Waals surface area contributed by atoms with Crippen molar-refractivity contribution in [3.63, 3.8) is 0 Å². The molecule has 1 fully saturated rings. The predicted octanol–water partition coefficient (Wildman–Crippen LogP) is 2.27. The lowest BCUT2D eigenvalue weighted by atomic mass is 9.96. The third-order valence-corrected chi connectivity index (χ3v) is 3.96. The second kappa shape index (κ2) is 5.52. The molecular weight excluding hydrogens is 298 g/mol. The van der Waals surface area contributed by atoms with Crippen molar-refractivity contribution < 1.29 is 14.7 Å². The molecule has 0 spiro atoms. The van der Waals surface area contributed by atoms with Crippen molar-refractivity contribution in [1.82, 2.24) is 4.90 Å². The number of nitrogens with zero attached hydrogens (tertiary/aromatic N) is 1. The number of piperidine rings is 1. The van der Waals surface area contributed by atoms with Crippen LogP contribution in [0.5, 0.6) is 0 Å². The standard InChI is InChI=1S/C13H14BrNO3/c14-11-4-2-1-3-10(11)8-15-6-5-9(13(17)18)7-12(15)16/h1-4,9H,5-8H2,(H,17,18). The Morgan fingerprint density at radius 1 is 1.44 bits per heavy atom. The number of benzene rings is 1. The van der Waals surface area contributed by atoms with E-state index in [4.69, 9.17) is 5.11 Å². The number of rotatable bonds is 3. The molecule has 4 nitrogen and oxygen atoms in total. The van der Waals surface area contributed by atoms with Gasteiger partial charge in [-0.05, 0) is 18.1 Å². The fourth-order valence-corrected chi connectivity index (χ4v) is 2.50. The molecular formula is C13H14BrNO3. The third-order valence-electron chi connectivity index (χ3n) is 3.19. The summed E-state index contributed by atoms with van der Waals surface area (Å²) >= 11 is 3.45. The van der Waals surface area contributed by atoms with Crippen LogP contribution in [0.3, 0.4) is 0 Å². The summed E-state index contributed by atoms with van der Waals surface area (Å²) in [6.07, 6.45) is 0.644. The van der Waals surface area contributed by atoms with Gasteiger partial charge in [0.05, 0.1) is 5.92 Å². The summed E-state index contributed by atoms with van der Waals surface area (Å²) in [6, 6.07) is 7.74. The summed E-state index contributed by atoms with van der Waals surface area (Å²) in [7, 11) is 0. The Balaban J connectivity index is 2.02. The highest BCUT2D eigenvalue weighted by atomic mass is 79.9. The molecule has 96 valence electrons. The number of carbonyl (C=O) groups excluding carboxylic acids is 1.